The number of rotatable bonds is 4. The number of hydrogen-bond donors (Lipinski definition) is 1. The summed E-state index contributed by atoms with van der Waals surface area (Å²) >= 11 is 6.42. The van der Waals surface area contributed by atoms with Crippen molar-refractivity contribution in [3.05, 3.63) is 46.7 Å². The number of halogens is 1. The highest BCUT2D eigenvalue weighted by atomic mass is 35.5. The number of aromatic nitrogens is 2. The van der Waals surface area contributed by atoms with Gasteiger partial charge in [-0.25, -0.2) is 4.79 Å². The molecule has 1 aromatic heterocycles. The van der Waals surface area contributed by atoms with Crippen molar-refractivity contribution in [2.45, 2.75) is 58.3 Å². The zero-order chi connectivity index (χ0) is 21.4. The maximum Gasteiger partial charge on any atom is 0.494 e. The summed E-state index contributed by atoms with van der Waals surface area (Å²) in [5.41, 5.74) is 1.27. The Balaban J connectivity index is 1.78. The van der Waals surface area contributed by atoms with Crippen LogP contribution >= 0.6 is 11.6 Å². The lowest BCUT2D eigenvalue weighted by Gasteiger charge is -2.32. The molecule has 3 rings (SSSR count). The minimum atomic E-state index is -0.920. The summed E-state index contributed by atoms with van der Waals surface area (Å²) in [7, 11) is -0.486. The predicted octanol–water partition coefficient (Wildman–Crippen LogP) is 3.27. The van der Waals surface area contributed by atoms with Crippen molar-refractivity contribution in [3.63, 3.8) is 0 Å². The zero-order valence-corrected chi connectivity index (χ0v) is 17.9. The van der Waals surface area contributed by atoms with Gasteiger partial charge in [-0.05, 0) is 51.7 Å². The molecule has 0 amide bonds. The van der Waals surface area contributed by atoms with Crippen LogP contribution in [0.2, 0.25) is 5.02 Å². The molecule has 0 spiro atoms. The first-order valence-corrected chi connectivity index (χ1v) is 9.86. The van der Waals surface area contributed by atoms with Gasteiger partial charge in [0.25, 0.3) is 0 Å². The topological polar surface area (TPSA) is 73.6 Å². The van der Waals surface area contributed by atoms with E-state index in [4.69, 9.17) is 20.9 Å². The van der Waals surface area contributed by atoms with Crippen molar-refractivity contribution in [3.8, 4) is 11.8 Å². The molecular formula is C21H24BClN2O4. The van der Waals surface area contributed by atoms with Crippen LogP contribution in [0, 0.1) is 11.8 Å². The van der Waals surface area contributed by atoms with E-state index in [2.05, 4.69) is 16.9 Å². The normalized spacial score (nSPS) is 18.2. The summed E-state index contributed by atoms with van der Waals surface area (Å²) < 4.78 is 13.5. The second-order valence-corrected chi connectivity index (χ2v) is 8.46. The van der Waals surface area contributed by atoms with Crippen molar-refractivity contribution in [1.82, 2.24) is 9.78 Å². The average molecular weight is 415 g/mol. The number of hydrogen-bond acceptors (Lipinski definition) is 4. The van der Waals surface area contributed by atoms with E-state index in [1.54, 1.807) is 25.4 Å². The summed E-state index contributed by atoms with van der Waals surface area (Å²) in [6.45, 7) is 9.81. The standard InChI is InChI=1S/C21H24BClN2O4/c1-6-18(19(26)27)25-13-14(12-24-25)7-8-15-9-10-16(11-17(15)23)22-28-20(2,3)21(4,5)29-22/h9-13,18H,6H2,1-5H3,(H,26,27). The van der Waals surface area contributed by atoms with E-state index in [9.17, 15) is 9.90 Å². The maximum absolute atomic E-state index is 11.3. The molecule has 152 valence electrons. The Morgan fingerprint density at radius 3 is 2.48 bits per heavy atom. The van der Waals surface area contributed by atoms with E-state index in [-0.39, 0.29) is 0 Å². The number of nitrogens with zero attached hydrogens (tertiary/aromatic N) is 2. The SMILES string of the molecule is CCC(C(=O)O)n1cc(C#Cc2ccc(B3OC(C)(C)C(C)(C)O3)cc2Cl)cn1. The van der Waals surface area contributed by atoms with Crippen LogP contribution in [0.15, 0.2) is 30.6 Å². The minimum Gasteiger partial charge on any atom is -0.480 e. The van der Waals surface area contributed by atoms with Gasteiger partial charge in [-0.15, -0.1) is 0 Å². The van der Waals surface area contributed by atoms with Gasteiger partial charge in [-0.3, -0.25) is 4.68 Å². The van der Waals surface area contributed by atoms with Crippen LogP contribution in [0.4, 0.5) is 0 Å². The van der Waals surface area contributed by atoms with Gasteiger partial charge in [0, 0.05) is 11.8 Å². The van der Waals surface area contributed by atoms with Crippen molar-refractivity contribution in [2.75, 3.05) is 0 Å². The third-order valence-electron chi connectivity index (χ3n) is 5.45. The lowest BCUT2D eigenvalue weighted by Crippen LogP contribution is -2.41. The number of aliphatic carboxylic acids is 1. The molecule has 29 heavy (non-hydrogen) atoms. The maximum atomic E-state index is 11.3. The first-order valence-electron chi connectivity index (χ1n) is 9.48. The molecule has 1 aromatic carbocycles. The van der Waals surface area contributed by atoms with Gasteiger partial charge in [0.1, 0.15) is 6.04 Å². The molecule has 2 heterocycles. The first kappa shape index (κ1) is 21.4. The highest BCUT2D eigenvalue weighted by Gasteiger charge is 2.51. The molecule has 2 aromatic rings. The van der Waals surface area contributed by atoms with Crippen LogP contribution < -0.4 is 5.46 Å². The Bertz CT molecular complexity index is 974. The third kappa shape index (κ3) is 4.35. The number of benzene rings is 1. The summed E-state index contributed by atoms with van der Waals surface area (Å²) in [5.74, 6) is 5.08. The highest BCUT2D eigenvalue weighted by molar-refractivity contribution is 6.62. The predicted molar refractivity (Wildman–Crippen MR) is 112 cm³/mol. The van der Waals surface area contributed by atoms with Crippen LogP contribution in [0.5, 0.6) is 0 Å². The van der Waals surface area contributed by atoms with E-state index in [0.717, 1.165) is 5.46 Å². The molecule has 1 N–H and O–H groups in total. The van der Waals surface area contributed by atoms with Crippen molar-refractivity contribution < 1.29 is 19.2 Å². The Labute approximate surface area is 176 Å². The fourth-order valence-corrected chi connectivity index (χ4v) is 3.18. The van der Waals surface area contributed by atoms with Crippen LogP contribution in [0.1, 0.15) is 58.2 Å². The number of carboxylic acids is 1. The van der Waals surface area contributed by atoms with E-state index in [1.807, 2.05) is 39.8 Å². The Morgan fingerprint density at radius 1 is 1.28 bits per heavy atom. The second-order valence-electron chi connectivity index (χ2n) is 8.05. The number of carboxylic acid groups (broad SMARTS) is 1. The van der Waals surface area contributed by atoms with Gasteiger partial charge in [-0.1, -0.05) is 36.4 Å². The molecular weight excluding hydrogens is 391 g/mol. The molecule has 0 bridgehead atoms. The smallest absolute Gasteiger partial charge is 0.480 e. The molecule has 1 fully saturated rings. The summed E-state index contributed by atoms with van der Waals surface area (Å²) in [5, 5.41) is 13.8. The van der Waals surface area contributed by atoms with E-state index < -0.39 is 30.3 Å². The van der Waals surface area contributed by atoms with Crippen LogP contribution in [-0.2, 0) is 14.1 Å². The average Bonchev–Trinajstić information content (AvgIpc) is 3.16. The fraction of sp³-hybridized carbons (Fsp3) is 0.429. The molecule has 1 aliphatic heterocycles. The molecule has 8 heteroatoms. The van der Waals surface area contributed by atoms with Crippen molar-refractivity contribution in [2.24, 2.45) is 0 Å². The van der Waals surface area contributed by atoms with Gasteiger partial charge >= 0.3 is 13.1 Å². The fourth-order valence-electron chi connectivity index (χ4n) is 2.95. The van der Waals surface area contributed by atoms with Crippen LogP contribution in [0.3, 0.4) is 0 Å². The third-order valence-corrected chi connectivity index (χ3v) is 5.77. The molecule has 0 saturated carbocycles. The van der Waals surface area contributed by atoms with Gasteiger partial charge in [-0.2, -0.15) is 5.10 Å². The molecule has 6 nitrogen and oxygen atoms in total. The van der Waals surface area contributed by atoms with Gasteiger partial charge in [0.15, 0.2) is 0 Å². The summed E-state index contributed by atoms with van der Waals surface area (Å²) in [4.78, 5) is 11.3. The monoisotopic (exact) mass is 414 g/mol. The molecule has 1 aliphatic rings. The summed E-state index contributed by atoms with van der Waals surface area (Å²) in [6.07, 6.45) is 3.61. The first-order chi connectivity index (χ1) is 13.5. The molecule has 0 aliphatic carbocycles. The molecule has 1 atom stereocenters. The van der Waals surface area contributed by atoms with Gasteiger partial charge < -0.3 is 14.4 Å². The molecule has 1 saturated heterocycles. The van der Waals surface area contributed by atoms with Crippen molar-refractivity contribution in [1.29, 1.82) is 0 Å². The van der Waals surface area contributed by atoms with Gasteiger partial charge in [0.05, 0.1) is 28.0 Å². The van der Waals surface area contributed by atoms with E-state index in [0.29, 0.717) is 22.6 Å². The quantitative estimate of drug-likeness (QED) is 0.614. The highest BCUT2D eigenvalue weighted by Crippen LogP contribution is 2.36. The Morgan fingerprint density at radius 2 is 1.93 bits per heavy atom. The van der Waals surface area contributed by atoms with Crippen LogP contribution in [-0.4, -0.2) is 39.2 Å². The lowest BCUT2D eigenvalue weighted by molar-refractivity contribution is -0.141. The largest absolute Gasteiger partial charge is 0.494 e. The van der Waals surface area contributed by atoms with E-state index >= 15 is 0 Å². The Hall–Kier alpha value is -2.27. The van der Waals surface area contributed by atoms with Crippen molar-refractivity contribution >= 4 is 30.2 Å². The Kier molecular flexibility index (Phi) is 5.82. The molecule has 1 unspecified atom stereocenters. The zero-order valence-electron chi connectivity index (χ0n) is 17.2. The number of carbonyl (C=O) groups is 1. The lowest BCUT2D eigenvalue weighted by atomic mass is 9.79. The van der Waals surface area contributed by atoms with Crippen LogP contribution in [0.25, 0.3) is 0 Å². The molecule has 0 radical (unpaired) electrons. The summed E-state index contributed by atoms with van der Waals surface area (Å²) in [6, 6.07) is 4.81. The minimum absolute atomic E-state index is 0.422. The van der Waals surface area contributed by atoms with Gasteiger partial charge in [0.2, 0.25) is 0 Å². The van der Waals surface area contributed by atoms with E-state index in [1.165, 1.54) is 4.68 Å². The second kappa shape index (κ2) is 7.87.